The summed E-state index contributed by atoms with van der Waals surface area (Å²) in [6.07, 6.45) is 19.3. The number of rotatable bonds is 20. The second kappa shape index (κ2) is 18.2. The molecule has 0 heterocycles. The summed E-state index contributed by atoms with van der Waals surface area (Å²) in [5, 5.41) is 0.573. The third-order valence-electron chi connectivity index (χ3n) is 6.56. The monoisotopic (exact) mass is 570 g/mol. The second-order valence-corrected chi connectivity index (χ2v) is 12.0. The van der Waals surface area contributed by atoms with Gasteiger partial charge in [-0.15, -0.1) is 0 Å². The van der Waals surface area contributed by atoms with Crippen LogP contribution in [0, 0.1) is 0 Å². The van der Waals surface area contributed by atoms with Crippen molar-refractivity contribution in [2.24, 2.45) is 0 Å². The molecular formula is C30H45Cl2O4P. The highest BCUT2D eigenvalue weighted by Gasteiger charge is 2.27. The van der Waals surface area contributed by atoms with Gasteiger partial charge >= 0.3 is 7.82 Å². The van der Waals surface area contributed by atoms with Crippen LogP contribution in [0.15, 0.2) is 36.4 Å². The van der Waals surface area contributed by atoms with Gasteiger partial charge in [0.2, 0.25) is 0 Å². The fraction of sp³-hybridized carbons (Fsp3) is 0.600. The topological polar surface area (TPSA) is 55.8 Å². The molecule has 208 valence electrons. The summed E-state index contributed by atoms with van der Waals surface area (Å²) in [5.74, 6) is 0.227. The van der Waals surface area contributed by atoms with E-state index in [9.17, 15) is 9.46 Å². The van der Waals surface area contributed by atoms with Crippen molar-refractivity contribution in [3.63, 3.8) is 0 Å². The van der Waals surface area contributed by atoms with E-state index in [4.69, 9.17) is 32.2 Å². The largest absolute Gasteiger partial charge is 0.585 e. The molecule has 1 N–H and O–H groups in total. The molecule has 0 saturated heterocycles. The third kappa shape index (κ3) is 13.4. The molecule has 0 aliphatic rings. The van der Waals surface area contributed by atoms with Gasteiger partial charge in [0.1, 0.15) is 0 Å². The SMILES string of the molecule is CCCCCCCCCc1ccc(OP(=O)(O)Oc2ccc(CCCCCCCCC)cc2Cl)c(Cl)c1. The minimum atomic E-state index is -4.47. The van der Waals surface area contributed by atoms with E-state index in [2.05, 4.69) is 13.8 Å². The number of phosphoric ester groups is 1. The highest BCUT2D eigenvalue weighted by atomic mass is 35.5. The molecule has 4 nitrogen and oxygen atoms in total. The van der Waals surface area contributed by atoms with Gasteiger partial charge < -0.3 is 9.05 Å². The summed E-state index contributed by atoms with van der Waals surface area (Å²) in [5.41, 5.74) is 2.17. The molecule has 2 aromatic rings. The normalized spacial score (nSPS) is 11.6. The van der Waals surface area contributed by atoms with Crippen molar-refractivity contribution in [2.45, 2.75) is 117 Å². The van der Waals surface area contributed by atoms with E-state index in [0.29, 0.717) is 0 Å². The molecule has 0 saturated carbocycles. The fourth-order valence-electron chi connectivity index (χ4n) is 4.39. The molecule has 0 unspecified atom stereocenters. The fourth-order valence-corrected chi connectivity index (χ4v) is 5.83. The molecule has 37 heavy (non-hydrogen) atoms. The number of phosphoric acid groups is 1. The summed E-state index contributed by atoms with van der Waals surface area (Å²) in [6.45, 7) is 4.45. The number of aryl methyl sites for hydroxylation is 2. The Bertz CT molecular complexity index is 893. The molecule has 0 atom stereocenters. The van der Waals surface area contributed by atoms with Gasteiger partial charge in [-0.2, -0.15) is 0 Å². The van der Waals surface area contributed by atoms with Crippen LogP contribution in [0.2, 0.25) is 10.0 Å². The summed E-state index contributed by atoms with van der Waals surface area (Å²) in [7, 11) is -4.47. The lowest BCUT2D eigenvalue weighted by Crippen LogP contribution is -2.01. The van der Waals surface area contributed by atoms with Crippen LogP contribution in [0.1, 0.15) is 115 Å². The zero-order valence-corrected chi connectivity index (χ0v) is 25.1. The lowest BCUT2D eigenvalue weighted by molar-refractivity contribution is 0.291. The predicted molar refractivity (Wildman–Crippen MR) is 157 cm³/mol. The number of unbranched alkanes of at least 4 members (excludes halogenated alkanes) is 12. The van der Waals surface area contributed by atoms with Crippen LogP contribution in [-0.2, 0) is 17.4 Å². The predicted octanol–water partition coefficient (Wildman–Crippen LogP) is 11.1. The molecule has 0 amide bonds. The average molecular weight is 572 g/mol. The minimum absolute atomic E-state index is 0.113. The maximum Gasteiger partial charge on any atom is 0.585 e. The van der Waals surface area contributed by atoms with Gasteiger partial charge in [-0.05, 0) is 61.1 Å². The van der Waals surface area contributed by atoms with E-state index in [0.717, 1.165) is 36.8 Å². The van der Waals surface area contributed by atoms with Crippen molar-refractivity contribution in [1.29, 1.82) is 0 Å². The Morgan fingerprint density at radius 2 is 0.973 bits per heavy atom. The van der Waals surface area contributed by atoms with E-state index < -0.39 is 7.82 Å². The van der Waals surface area contributed by atoms with Gasteiger partial charge in [0.15, 0.2) is 11.5 Å². The molecule has 7 heteroatoms. The molecule has 0 aliphatic carbocycles. The first kappa shape index (κ1) is 32.0. The van der Waals surface area contributed by atoms with Gasteiger partial charge in [-0.25, -0.2) is 4.57 Å². The smallest absolute Gasteiger partial charge is 0.394 e. The van der Waals surface area contributed by atoms with Crippen LogP contribution >= 0.6 is 31.0 Å². The summed E-state index contributed by atoms with van der Waals surface area (Å²) >= 11 is 12.7. The maximum absolute atomic E-state index is 12.7. The molecule has 0 aliphatic heterocycles. The first-order valence-electron chi connectivity index (χ1n) is 14.1. The van der Waals surface area contributed by atoms with E-state index >= 15 is 0 Å². The van der Waals surface area contributed by atoms with Gasteiger partial charge in [0, 0.05) is 0 Å². The highest BCUT2D eigenvalue weighted by molar-refractivity contribution is 7.48. The molecule has 0 aromatic heterocycles. The van der Waals surface area contributed by atoms with Crippen LogP contribution in [-0.4, -0.2) is 4.89 Å². The Morgan fingerprint density at radius 1 is 0.622 bits per heavy atom. The van der Waals surface area contributed by atoms with Crippen molar-refractivity contribution in [3.05, 3.63) is 57.6 Å². The first-order chi connectivity index (χ1) is 17.8. The van der Waals surface area contributed by atoms with E-state index in [-0.39, 0.29) is 21.5 Å². The van der Waals surface area contributed by atoms with Crippen molar-refractivity contribution in [3.8, 4) is 11.5 Å². The second-order valence-electron chi connectivity index (χ2n) is 9.92. The highest BCUT2D eigenvalue weighted by Crippen LogP contribution is 2.48. The van der Waals surface area contributed by atoms with Crippen LogP contribution < -0.4 is 9.05 Å². The van der Waals surface area contributed by atoms with Gasteiger partial charge in [0.25, 0.3) is 0 Å². The molecular weight excluding hydrogens is 526 g/mol. The lowest BCUT2D eigenvalue weighted by atomic mass is 10.0. The lowest BCUT2D eigenvalue weighted by Gasteiger charge is -2.16. The first-order valence-corrected chi connectivity index (χ1v) is 16.4. The third-order valence-corrected chi connectivity index (χ3v) is 8.00. The Balaban J connectivity index is 1.80. The van der Waals surface area contributed by atoms with E-state index in [1.807, 2.05) is 12.1 Å². The standard InChI is InChI=1S/C30H45Cl2O4P/c1-3-5-7-9-11-13-15-17-25-19-21-29(27(31)23-25)35-37(33,34)36-30-22-20-26(24-28(30)32)18-16-14-12-10-8-6-4-2/h19-24H,3-18H2,1-2H3,(H,33,34). The number of halogens is 2. The van der Waals surface area contributed by atoms with Crippen molar-refractivity contribution < 1.29 is 18.5 Å². The Morgan fingerprint density at radius 3 is 1.32 bits per heavy atom. The molecule has 0 bridgehead atoms. The number of benzene rings is 2. The van der Waals surface area contributed by atoms with Gasteiger partial charge in [-0.1, -0.05) is 126 Å². The number of hydrogen-bond donors (Lipinski definition) is 1. The van der Waals surface area contributed by atoms with Crippen molar-refractivity contribution >= 4 is 31.0 Å². The zero-order valence-electron chi connectivity index (χ0n) is 22.7. The Kier molecular flexibility index (Phi) is 15.7. The van der Waals surface area contributed by atoms with Crippen molar-refractivity contribution in [1.82, 2.24) is 0 Å². The summed E-state index contributed by atoms with van der Waals surface area (Å²) in [6, 6.07) is 10.6. The van der Waals surface area contributed by atoms with E-state index in [1.54, 1.807) is 24.3 Å². The molecule has 2 rings (SSSR count). The van der Waals surface area contributed by atoms with Crippen LogP contribution in [0.25, 0.3) is 0 Å². The van der Waals surface area contributed by atoms with Crippen LogP contribution in [0.5, 0.6) is 11.5 Å². The summed E-state index contributed by atoms with van der Waals surface area (Å²) < 4.78 is 23.2. The summed E-state index contributed by atoms with van der Waals surface area (Å²) in [4.78, 5) is 10.3. The number of hydrogen-bond acceptors (Lipinski definition) is 3. The molecule has 0 spiro atoms. The minimum Gasteiger partial charge on any atom is -0.394 e. The van der Waals surface area contributed by atoms with Crippen LogP contribution in [0.4, 0.5) is 0 Å². The molecule has 0 radical (unpaired) electrons. The molecule has 2 aromatic carbocycles. The maximum atomic E-state index is 12.7. The van der Waals surface area contributed by atoms with E-state index in [1.165, 1.54) is 77.0 Å². The zero-order chi connectivity index (χ0) is 26.9. The van der Waals surface area contributed by atoms with Crippen LogP contribution in [0.3, 0.4) is 0 Å². The quantitative estimate of drug-likeness (QED) is 0.127. The van der Waals surface area contributed by atoms with Crippen molar-refractivity contribution in [2.75, 3.05) is 0 Å². The Labute approximate surface area is 234 Å². The Hall–Kier alpha value is -1.19. The average Bonchev–Trinajstić information content (AvgIpc) is 2.86. The van der Waals surface area contributed by atoms with Gasteiger partial charge in [0.05, 0.1) is 10.0 Å². The van der Waals surface area contributed by atoms with Gasteiger partial charge in [-0.3, -0.25) is 4.89 Å². The molecule has 0 fully saturated rings.